The van der Waals surface area contributed by atoms with Crippen molar-refractivity contribution in [3.05, 3.63) is 36.0 Å². The summed E-state index contributed by atoms with van der Waals surface area (Å²) in [7, 11) is 4.73. The van der Waals surface area contributed by atoms with Crippen LogP contribution >= 0.6 is 0 Å². The van der Waals surface area contributed by atoms with Crippen LogP contribution in [0.5, 0.6) is 0 Å². The molecular formula is C33H53NO9. The Labute approximate surface area is 257 Å². The number of aliphatic hydroxyl groups excluding tert-OH is 1. The highest BCUT2D eigenvalue weighted by Gasteiger charge is 2.69. The van der Waals surface area contributed by atoms with Crippen molar-refractivity contribution in [2.45, 2.75) is 127 Å². The van der Waals surface area contributed by atoms with Crippen molar-refractivity contribution in [1.82, 2.24) is 5.32 Å². The molecule has 0 aromatic heterocycles. The molecule has 244 valence electrons. The van der Waals surface area contributed by atoms with Gasteiger partial charge in [-0.3, -0.25) is 9.59 Å². The summed E-state index contributed by atoms with van der Waals surface area (Å²) < 4.78 is 34.2. The van der Waals surface area contributed by atoms with Crippen molar-refractivity contribution >= 4 is 11.7 Å². The SMILES string of the molecule is C=C(CCNC(=O)CCC=CCC(CCCCCCC)OC)C12OC1C(OC1OCC(OC)C(O)C1OC)C=C(C)C2=O. The van der Waals surface area contributed by atoms with Gasteiger partial charge in [0.1, 0.15) is 30.5 Å². The number of hydrogen-bond donors (Lipinski definition) is 2. The zero-order chi connectivity index (χ0) is 31.4. The number of nitrogens with one attached hydrogen (secondary N) is 1. The minimum absolute atomic E-state index is 0.0531. The second-order valence-electron chi connectivity index (χ2n) is 11.7. The first-order chi connectivity index (χ1) is 20.7. The van der Waals surface area contributed by atoms with Crippen LogP contribution in [0.25, 0.3) is 0 Å². The van der Waals surface area contributed by atoms with Crippen LogP contribution in [0.1, 0.15) is 78.1 Å². The molecule has 0 bridgehead atoms. The molecule has 3 aliphatic rings. The summed E-state index contributed by atoms with van der Waals surface area (Å²) >= 11 is 0. The van der Waals surface area contributed by atoms with Gasteiger partial charge in [0.25, 0.3) is 0 Å². The molecule has 10 heteroatoms. The van der Waals surface area contributed by atoms with Crippen LogP contribution in [-0.2, 0) is 38.0 Å². The van der Waals surface area contributed by atoms with Gasteiger partial charge < -0.3 is 38.8 Å². The highest BCUT2D eigenvalue weighted by molar-refractivity contribution is 6.07. The molecule has 43 heavy (non-hydrogen) atoms. The summed E-state index contributed by atoms with van der Waals surface area (Å²) in [4.78, 5) is 25.6. The van der Waals surface area contributed by atoms with Gasteiger partial charge in [0.2, 0.25) is 5.91 Å². The van der Waals surface area contributed by atoms with Gasteiger partial charge in [-0.25, -0.2) is 0 Å². The van der Waals surface area contributed by atoms with Crippen LogP contribution in [0.2, 0.25) is 0 Å². The van der Waals surface area contributed by atoms with Gasteiger partial charge in [-0.2, -0.15) is 0 Å². The van der Waals surface area contributed by atoms with Gasteiger partial charge >= 0.3 is 0 Å². The molecule has 10 nitrogen and oxygen atoms in total. The molecule has 8 atom stereocenters. The van der Waals surface area contributed by atoms with Crippen LogP contribution in [0.3, 0.4) is 0 Å². The van der Waals surface area contributed by atoms with E-state index in [-0.39, 0.29) is 24.4 Å². The number of rotatable bonds is 20. The third-order valence-corrected chi connectivity index (χ3v) is 8.68. The quantitative estimate of drug-likeness (QED) is 0.120. The van der Waals surface area contributed by atoms with E-state index in [0.29, 0.717) is 37.0 Å². The second-order valence-corrected chi connectivity index (χ2v) is 11.7. The lowest BCUT2D eigenvalue weighted by molar-refractivity contribution is -0.287. The van der Waals surface area contributed by atoms with Crippen LogP contribution in [0.4, 0.5) is 0 Å². The van der Waals surface area contributed by atoms with Crippen molar-refractivity contribution in [2.75, 3.05) is 34.5 Å². The first-order valence-corrected chi connectivity index (χ1v) is 15.8. The van der Waals surface area contributed by atoms with Crippen molar-refractivity contribution in [3.63, 3.8) is 0 Å². The predicted octanol–water partition coefficient (Wildman–Crippen LogP) is 3.95. The molecule has 0 spiro atoms. The number of carbonyl (C=O) groups excluding carboxylic acids is 2. The summed E-state index contributed by atoms with van der Waals surface area (Å²) in [5.41, 5.74) is -0.0881. The third kappa shape index (κ3) is 9.29. The number of hydrogen-bond acceptors (Lipinski definition) is 9. The second kappa shape index (κ2) is 17.5. The maximum atomic E-state index is 13.2. The fraction of sp³-hybridized carbons (Fsp3) is 0.758. The zero-order valence-electron chi connectivity index (χ0n) is 26.7. The van der Waals surface area contributed by atoms with Crippen LogP contribution in [-0.4, -0.2) is 99.8 Å². The molecule has 1 amide bonds. The van der Waals surface area contributed by atoms with E-state index >= 15 is 0 Å². The van der Waals surface area contributed by atoms with Gasteiger partial charge in [0, 0.05) is 34.3 Å². The van der Waals surface area contributed by atoms with Gasteiger partial charge in [0.05, 0.1) is 12.7 Å². The van der Waals surface area contributed by atoms with Crippen LogP contribution < -0.4 is 5.32 Å². The molecule has 0 aromatic rings. The number of amides is 1. The fourth-order valence-corrected chi connectivity index (χ4v) is 5.91. The minimum Gasteiger partial charge on any atom is -0.387 e. The Kier molecular flexibility index (Phi) is 14.5. The molecule has 2 fully saturated rings. The number of allylic oxidation sites excluding steroid dienone is 1. The number of epoxide rings is 1. The third-order valence-electron chi connectivity index (χ3n) is 8.68. The Morgan fingerprint density at radius 3 is 2.65 bits per heavy atom. The molecule has 0 aromatic carbocycles. The maximum absolute atomic E-state index is 13.2. The molecule has 0 radical (unpaired) electrons. The number of methoxy groups -OCH3 is 3. The lowest BCUT2D eigenvalue weighted by Crippen LogP contribution is -2.56. The Morgan fingerprint density at radius 2 is 1.95 bits per heavy atom. The molecule has 2 N–H and O–H groups in total. The number of Topliss-reactive ketones (excluding diaryl/α,β-unsaturated/α-hetero) is 1. The molecule has 2 saturated heterocycles. The highest BCUT2D eigenvalue weighted by Crippen LogP contribution is 2.51. The number of ether oxygens (including phenoxy) is 6. The van der Waals surface area contributed by atoms with Crippen molar-refractivity contribution < 1.29 is 43.1 Å². The first-order valence-electron chi connectivity index (χ1n) is 15.8. The lowest BCUT2D eigenvalue weighted by atomic mass is 9.80. The van der Waals surface area contributed by atoms with Crippen molar-refractivity contribution in [3.8, 4) is 0 Å². The van der Waals surface area contributed by atoms with Crippen LogP contribution in [0, 0.1) is 0 Å². The fourth-order valence-electron chi connectivity index (χ4n) is 5.91. The summed E-state index contributed by atoms with van der Waals surface area (Å²) in [6.07, 6.45) is 11.4. The van der Waals surface area contributed by atoms with E-state index in [1.54, 1.807) is 20.1 Å². The number of ketones is 1. The number of unbranched alkanes of at least 4 members (excludes halogenated alkanes) is 4. The molecule has 0 saturated carbocycles. The van der Waals surface area contributed by atoms with Crippen molar-refractivity contribution in [2.24, 2.45) is 0 Å². The smallest absolute Gasteiger partial charge is 0.220 e. The Bertz CT molecular complexity index is 981. The maximum Gasteiger partial charge on any atom is 0.220 e. The monoisotopic (exact) mass is 607 g/mol. The average molecular weight is 608 g/mol. The molecule has 2 aliphatic heterocycles. The molecular weight excluding hydrogens is 554 g/mol. The Hall–Kier alpha value is -1.92. The molecule has 2 heterocycles. The van der Waals surface area contributed by atoms with Gasteiger partial charge in [0.15, 0.2) is 17.7 Å². The predicted molar refractivity (Wildman–Crippen MR) is 163 cm³/mol. The van der Waals surface area contributed by atoms with E-state index in [4.69, 9.17) is 28.4 Å². The van der Waals surface area contributed by atoms with E-state index in [0.717, 1.165) is 12.8 Å². The molecule has 1 aliphatic carbocycles. The molecule has 8 unspecified atom stereocenters. The zero-order valence-corrected chi connectivity index (χ0v) is 26.7. The normalized spacial score (nSPS) is 31.0. The number of fused-ring (bicyclic) bond motifs is 1. The highest BCUT2D eigenvalue weighted by atomic mass is 16.7. The van der Waals surface area contributed by atoms with E-state index in [1.165, 1.54) is 46.3 Å². The summed E-state index contributed by atoms with van der Waals surface area (Å²) in [5.74, 6) is -0.205. The van der Waals surface area contributed by atoms with Gasteiger partial charge in [-0.15, -0.1) is 0 Å². The van der Waals surface area contributed by atoms with Crippen LogP contribution in [0.15, 0.2) is 36.0 Å². The largest absolute Gasteiger partial charge is 0.387 e. The summed E-state index contributed by atoms with van der Waals surface area (Å²) in [6.45, 7) is 8.58. The lowest BCUT2D eigenvalue weighted by Gasteiger charge is -2.39. The number of carbonyl (C=O) groups is 2. The standard InChI is InChI=1S/C33H53NO9/c1-7-8-9-10-12-15-24(38-4)16-13-11-14-17-27(35)34-19-18-23(3)33-30(37)22(2)20-25(31(33)43-33)42-32-29(40-6)28(36)26(39-5)21-41-32/h11,13,20,24-26,28-29,31-32,36H,3,7-10,12,14-19,21H2,1-2,4-6H3,(H,34,35). The first kappa shape index (κ1) is 35.6. The topological polar surface area (TPSA) is 125 Å². The van der Waals surface area contributed by atoms with Crippen molar-refractivity contribution in [1.29, 1.82) is 0 Å². The minimum atomic E-state index is -1.18. The van der Waals surface area contributed by atoms with E-state index in [9.17, 15) is 14.7 Å². The van der Waals surface area contributed by atoms with Gasteiger partial charge in [-0.1, -0.05) is 57.8 Å². The Balaban J connectivity index is 1.40. The van der Waals surface area contributed by atoms with E-state index < -0.39 is 42.4 Å². The van der Waals surface area contributed by atoms with Gasteiger partial charge in [-0.05, 0) is 49.8 Å². The average Bonchev–Trinajstić information content (AvgIpc) is 3.76. The van der Waals surface area contributed by atoms with E-state index in [1.807, 2.05) is 6.08 Å². The Morgan fingerprint density at radius 1 is 1.19 bits per heavy atom. The van der Waals surface area contributed by atoms with E-state index in [2.05, 4.69) is 24.9 Å². The molecule has 3 rings (SSSR count). The summed E-state index contributed by atoms with van der Waals surface area (Å²) in [6, 6.07) is 0. The number of aliphatic hydroxyl groups is 1. The summed E-state index contributed by atoms with van der Waals surface area (Å²) in [5, 5.41) is 13.5.